The molecule has 0 aliphatic carbocycles. The number of hydrogen-bond acceptors (Lipinski definition) is 0. The summed E-state index contributed by atoms with van der Waals surface area (Å²) in [6.45, 7) is 9.08. The monoisotopic (exact) mass is 246 g/mol. The molecule has 0 rings (SSSR count). The smallest absolute Gasteiger partial charge is 0.0312 e. The second-order valence-corrected chi connectivity index (χ2v) is 6.77. The molecule has 0 aromatic rings. The van der Waals surface area contributed by atoms with Crippen LogP contribution in [-0.4, -0.2) is 5.38 Å². The van der Waals surface area contributed by atoms with Crippen molar-refractivity contribution >= 4 is 11.6 Å². The first-order valence-electron chi connectivity index (χ1n) is 7.12. The largest absolute Gasteiger partial charge is 0.123 e. The van der Waals surface area contributed by atoms with E-state index in [2.05, 4.69) is 27.7 Å². The molecule has 0 heterocycles. The molecule has 0 nitrogen and oxygen atoms in total. The van der Waals surface area contributed by atoms with Crippen molar-refractivity contribution in [3.05, 3.63) is 0 Å². The summed E-state index contributed by atoms with van der Waals surface area (Å²) in [6, 6.07) is 0. The van der Waals surface area contributed by atoms with E-state index in [-0.39, 0.29) is 0 Å². The Morgan fingerprint density at radius 1 is 0.938 bits per heavy atom. The predicted molar refractivity (Wildman–Crippen MR) is 76.3 cm³/mol. The fourth-order valence-electron chi connectivity index (χ4n) is 2.42. The van der Waals surface area contributed by atoms with Crippen molar-refractivity contribution in [2.75, 3.05) is 0 Å². The van der Waals surface area contributed by atoms with Crippen LogP contribution >= 0.6 is 11.6 Å². The Bertz CT molecular complexity index is 150. The molecule has 0 N–H and O–H groups in total. The molecule has 0 aromatic carbocycles. The van der Waals surface area contributed by atoms with Gasteiger partial charge in [-0.15, -0.1) is 11.6 Å². The van der Waals surface area contributed by atoms with Gasteiger partial charge in [-0.25, -0.2) is 0 Å². The van der Waals surface area contributed by atoms with Crippen LogP contribution < -0.4 is 0 Å². The van der Waals surface area contributed by atoms with Gasteiger partial charge in [0, 0.05) is 5.38 Å². The van der Waals surface area contributed by atoms with Gasteiger partial charge in [-0.2, -0.15) is 0 Å². The third kappa shape index (κ3) is 10.8. The molecule has 0 saturated heterocycles. The van der Waals surface area contributed by atoms with Crippen LogP contribution in [0.15, 0.2) is 0 Å². The SMILES string of the molecule is CCCCCCCCCC(C)(C)CC(C)Cl. The highest BCUT2D eigenvalue weighted by molar-refractivity contribution is 6.20. The summed E-state index contributed by atoms with van der Waals surface area (Å²) < 4.78 is 0. The molecule has 1 atom stereocenters. The average Bonchev–Trinajstić information content (AvgIpc) is 2.14. The van der Waals surface area contributed by atoms with Crippen LogP contribution in [0.4, 0.5) is 0 Å². The molecule has 0 aromatic heterocycles. The third-order valence-corrected chi connectivity index (χ3v) is 3.45. The topological polar surface area (TPSA) is 0 Å². The fraction of sp³-hybridized carbons (Fsp3) is 1.00. The van der Waals surface area contributed by atoms with Crippen LogP contribution in [0, 0.1) is 5.41 Å². The molecule has 1 heteroatoms. The molecular formula is C15H31Cl. The molecular weight excluding hydrogens is 216 g/mol. The molecule has 0 aliphatic heterocycles. The third-order valence-electron chi connectivity index (χ3n) is 3.29. The molecule has 98 valence electrons. The zero-order valence-corrected chi connectivity index (χ0v) is 12.6. The van der Waals surface area contributed by atoms with Crippen LogP contribution in [0.3, 0.4) is 0 Å². The summed E-state index contributed by atoms with van der Waals surface area (Å²) >= 11 is 6.06. The molecule has 0 amide bonds. The van der Waals surface area contributed by atoms with E-state index < -0.39 is 0 Å². The molecule has 0 spiro atoms. The van der Waals surface area contributed by atoms with Crippen LogP contribution in [0.5, 0.6) is 0 Å². The Kier molecular flexibility index (Phi) is 9.50. The molecule has 0 saturated carbocycles. The lowest BCUT2D eigenvalue weighted by molar-refractivity contribution is 0.293. The van der Waals surface area contributed by atoms with Gasteiger partial charge in [-0.1, -0.05) is 65.7 Å². The zero-order chi connectivity index (χ0) is 12.4. The van der Waals surface area contributed by atoms with Crippen molar-refractivity contribution in [3.8, 4) is 0 Å². The van der Waals surface area contributed by atoms with Crippen LogP contribution in [0.25, 0.3) is 0 Å². The lowest BCUT2D eigenvalue weighted by Gasteiger charge is -2.25. The zero-order valence-electron chi connectivity index (χ0n) is 11.8. The van der Waals surface area contributed by atoms with Crippen molar-refractivity contribution in [2.24, 2.45) is 5.41 Å². The average molecular weight is 247 g/mol. The summed E-state index contributed by atoms with van der Waals surface area (Å²) in [7, 11) is 0. The van der Waals surface area contributed by atoms with Crippen molar-refractivity contribution < 1.29 is 0 Å². The highest BCUT2D eigenvalue weighted by Crippen LogP contribution is 2.30. The molecule has 0 bridgehead atoms. The van der Waals surface area contributed by atoms with E-state index in [4.69, 9.17) is 11.6 Å². The number of unbranched alkanes of at least 4 members (excludes halogenated alkanes) is 6. The first-order chi connectivity index (χ1) is 7.48. The van der Waals surface area contributed by atoms with E-state index >= 15 is 0 Å². The number of halogens is 1. The van der Waals surface area contributed by atoms with Gasteiger partial charge in [0.15, 0.2) is 0 Å². The Labute approximate surface area is 108 Å². The summed E-state index contributed by atoms with van der Waals surface area (Å²) in [5.74, 6) is 0. The minimum absolute atomic E-state index is 0.319. The van der Waals surface area contributed by atoms with Gasteiger partial charge in [0.2, 0.25) is 0 Å². The second-order valence-electron chi connectivity index (χ2n) is 6.02. The number of alkyl halides is 1. The van der Waals surface area contributed by atoms with Gasteiger partial charge in [0.25, 0.3) is 0 Å². The van der Waals surface area contributed by atoms with Crippen molar-refractivity contribution in [1.82, 2.24) is 0 Å². The highest BCUT2D eigenvalue weighted by Gasteiger charge is 2.19. The van der Waals surface area contributed by atoms with E-state index in [1.807, 2.05) is 0 Å². The highest BCUT2D eigenvalue weighted by atomic mass is 35.5. The van der Waals surface area contributed by atoms with Gasteiger partial charge in [0.05, 0.1) is 0 Å². The maximum absolute atomic E-state index is 6.06. The van der Waals surface area contributed by atoms with Gasteiger partial charge in [0.1, 0.15) is 0 Å². The molecule has 0 radical (unpaired) electrons. The summed E-state index contributed by atoms with van der Waals surface area (Å²) in [5, 5.41) is 0.319. The maximum Gasteiger partial charge on any atom is 0.0312 e. The molecule has 0 fully saturated rings. The maximum atomic E-state index is 6.06. The normalized spacial score (nSPS) is 14.1. The lowest BCUT2D eigenvalue weighted by atomic mass is 9.82. The predicted octanol–water partition coefficient (Wildman–Crippen LogP) is 6.17. The van der Waals surface area contributed by atoms with Crippen molar-refractivity contribution in [1.29, 1.82) is 0 Å². The van der Waals surface area contributed by atoms with Gasteiger partial charge < -0.3 is 0 Å². The van der Waals surface area contributed by atoms with E-state index in [1.165, 1.54) is 51.4 Å². The summed E-state index contributed by atoms with van der Waals surface area (Å²) in [4.78, 5) is 0. The lowest BCUT2D eigenvalue weighted by Crippen LogP contribution is -2.15. The first kappa shape index (κ1) is 16.3. The minimum atomic E-state index is 0.319. The number of rotatable bonds is 10. The van der Waals surface area contributed by atoms with Crippen LogP contribution in [0.1, 0.15) is 85.5 Å². The van der Waals surface area contributed by atoms with Gasteiger partial charge in [-0.3, -0.25) is 0 Å². The van der Waals surface area contributed by atoms with Crippen LogP contribution in [0.2, 0.25) is 0 Å². The van der Waals surface area contributed by atoms with Gasteiger partial charge >= 0.3 is 0 Å². The minimum Gasteiger partial charge on any atom is -0.123 e. The second kappa shape index (κ2) is 9.33. The summed E-state index contributed by atoms with van der Waals surface area (Å²) in [6.07, 6.45) is 12.3. The quantitative estimate of drug-likeness (QED) is 0.319. The fourth-order valence-corrected chi connectivity index (χ4v) is 2.84. The van der Waals surface area contributed by atoms with Crippen LogP contribution in [-0.2, 0) is 0 Å². The van der Waals surface area contributed by atoms with E-state index in [9.17, 15) is 0 Å². The molecule has 1 unspecified atom stereocenters. The van der Waals surface area contributed by atoms with Crippen molar-refractivity contribution in [2.45, 2.75) is 90.9 Å². The standard InChI is InChI=1S/C15H31Cl/c1-5-6-7-8-9-10-11-12-15(3,4)13-14(2)16/h14H,5-13H2,1-4H3. The van der Waals surface area contributed by atoms with Gasteiger partial charge in [-0.05, 0) is 25.2 Å². The Balaban J connectivity index is 3.36. The van der Waals surface area contributed by atoms with E-state index in [0.29, 0.717) is 10.8 Å². The Morgan fingerprint density at radius 2 is 1.44 bits per heavy atom. The van der Waals surface area contributed by atoms with E-state index in [1.54, 1.807) is 0 Å². The molecule has 16 heavy (non-hydrogen) atoms. The molecule has 0 aliphatic rings. The Morgan fingerprint density at radius 3 is 1.94 bits per heavy atom. The summed E-state index contributed by atoms with van der Waals surface area (Å²) in [5.41, 5.74) is 0.435. The van der Waals surface area contributed by atoms with Crippen molar-refractivity contribution in [3.63, 3.8) is 0 Å². The van der Waals surface area contributed by atoms with E-state index in [0.717, 1.165) is 6.42 Å². The first-order valence-corrected chi connectivity index (χ1v) is 7.55. The Hall–Kier alpha value is 0.290. The number of hydrogen-bond donors (Lipinski definition) is 0.